The lowest BCUT2D eigenvalue weighted by Crippen LogP contribution is -2.44. The SMILES string of the molecule is CCC1CN(C(=O)c2ccn(C)c(=O)c2)CCC1=O. The number of amides is 1. The zero-order chi connectivity index (χ0) is 14.0. The Labute approximate surface area is 111 Å². The molecular weight excluding hydrogens is 244 g/mol. The summed E-state index contributed by atoms with van der Waals surface area (Å²) in [4.78, 5) is 37.1. The van der Waals surface area contributed by atoms with E-state index in [4.69, 9.17) is 0 Å². The van der Waals surface area contributed by atoms with E-state index in [0.717, 1.165) is 6.42 Å². The minimum atomic E-state index is -0.203. The largest absolute Gasteiger partial charge is 0.337 e. The second-order valence-electron chi connectivity index (χ2n) is 4.94. The van der Waals surface area contributed by atoms with Gasteiger partial charge in [-0.3, -0.25) is 14.4 Å². The van der Waals surface area contributed by atoms with E-state index in [9.17, 15) is 14.4 Å². The molecule has 1 unspecified atom stereocenters. The van der Waals surface area contributed by atoms with E-state index in [1.54, 1.807) is 24.2 Å². The van der Waals surface area contributed by atoms with Gasteiger partial charge in [0.15, 0.2) is 0 Å². The molecule has 1 aliphatic rings. The number of carbonyl (C=O) groups excluding carboxylic acids is 2. The maximum Gasteiger partial charge on any atom is 0.254 e. The number of nitrogens with zero attached hydrogens (tertiary/aromatic N) is 2. The zero-order valence-electron chi connectivity index (χ0n) is 11.3. The molecule has 2 rings (SSSR count). The van der Waals surface area contributed by atoms with E-state index >= 15 is 0 Å². The highest BCUT2D eigenvalue weighted by Gasteiger charge is 2.29. The molecule has 0 saturated carbocycles. The van der Waals surface area contributed by atoms with Crippen LogP contribution >= 0.6 is 0 Å². The average molecular weight is 262 g/mol. The van der Waals surface area contributed by atoms with Gasteiger partial charge in [0.25, 0.3) is 11.5 Å². The van der Waals surface area contributed by atoms with Gasteiger partial charge in [-0.05, 0) is 12.5 Å². The zero-order valence-corrected chi connectivity index (χ0v) is 11.3. The maximum absolute atomic E-state index is 12.3. The molecular formula is C14H18N2O3. The summed E-state index contributed by atoms with van der Waals surface area (Å²) < 4.78 is 1.42. The van der Waals surface area contributed by atoms with Crippen LogP contribution in [0, 0.1) is 5.92 Å². The molecule has 0 spiro atoms. The monoisotopic (exact) mass is 262 g/mol. The van der Waals surface area contributed by atoms with Crippen molar-refractivity contribution in [2.24, 2.45) is 13.0 Å². The van der Waals surface area contributed by atoms with Crippen LogP contribution in [0.5, 0.6) is 0 Å². The van der Waals surface area contributed by atoms with Gasteiger partial charge in [-0.1, -0.05) is 6.92 Å². The molecule has 1 amide bonds. The van der Waals surface area contributed by atoms with Crippen molar-refractivity contribution < 1.29 is 9.59 Å². The number of rotatable bonds is 2. The standard InChI is InChI=1S/C14H18N2O3/c1-3-10-9-16(7-5-12(10)17)14(19)11-4-6-15(2)13(18)8-11/h4,6,8,10H,3,5,7,9H2,1-2H3. The van der Waals surface area contributed by atoms with E-state index in [-0.39, 0.29) is 23.2 Å². The van der Waals surface area contributed by atoms with Gasteiger partial charge >= 0.3 is 0 Å². The van der Waals surface area contributed by atoms with Crippen molar-refractivity contribution in [3.63, 3.8) is 0 Å². The highest BCUT2D eigenvalue weighted by Crippen LogP contribution is 2.17. The Balaban J connectivity index is 2.17. The average Bonchev–Trinajstić information content (AvgIpc) is 2.41. The fourth-order valence-electron chi connectivity index (χ4n) is 2.31. The lowest BCUT2D eigenvalue weighted by atomic mass is 9.94. The first-order valence-corrected chi connectivity index (χ1v) is 6.51. The lowest BCUT2D eigenvalue weighted by molar-refractivity contribution is -0.125. The van der Waals surface area contributed by atoms with E-state index < -0.39 is 0 Å². The van der Waals surface area contributed by atoms with Crippen LogP contribution in [0.1, 0.15) is 30.1 Å². The smallest absolute Gasteiger partial charge is 0.254 e. The quantitative estimate of drug-likeness (QED) is 0.793. The number of ketones is 1. The fourth-order valence-corrected chi connectivity index (χ4v) is 2.31. The summed E-state index contributed by atoms with van der Waals surface area (Å²) >= 11 is 0. The molecule has 19 heavy (non-hydrogen) atoms. The van der Waals surface area contributed by atoms with Gasteiger partial charge in [0.1, 0.15) is 5.78 Å². The second kappa shape index (κ2) is 5.38. The molecule has 0 N–H and O–H groups in total. The van der Waals surface area contributed by atoms with Gasteiger partial charge in [0.2, 0.25) is 0 Å². The van der Waals surface area contributed by atoms with Gasteiger partial charge in [0.05, 0.1) is 0 Å². The van der Waals surface area contributed by atoms with E-state index in [1.807, 2.05) is 6.92 Å². The van der Waals surface area contributed by atoms with Crippen LogP contribution in [0.25, 0.3) is 0 Å². The Morgan fingerprint density at radius 3 is 2.79 bits per heavy atom. The summed E-state index contributed by atoms with van der Waals surface area (Å²) in [5, 5.41) is 0. The number of Topliss-reactive ketones (excluding diaryl/α,β-unsaturated/α-hetero) is 1. The van der Waals surface area contributed by atoms with Crippen molar-refractivity contribution in [2.75, 3.05) is 13.1 Å². The van der Waals surface area contributed by atoms with E-state index in [1.165, 1.54) is 10.6 Å². The Morgan fingerprint density at radius 2 is 2.16 bits per heavy atom. The molecule has 1 atom stereocenters. The summed E-state index contributed by atoms with van der Waals surface area (Å²) in [5.74, 6) is 0.00317. The number of aromatic nitrogens is 1. The molecule has 1 saturated heterocycles. The highest BCUT2D eigenvalue weighted by molar-refractivity contribution is 5.95. The van der Waals surface area contributed by atoms with Crippen molar-refractivity contribution in [1.29, 1.82) is 0 Å². The summed E-state index contributed by atoms with van der Waals surface area (Å²) in [6, 6.07) is 2.99. The Morgan fingerprint density at radius 1 is 1.42 bits per heavy atom. The van der Waals surface area contributed by atoms with E-state index in [2.05, 4.69) is 0 Å². The molecule has 0 aliphatic carbocycles. The molecule has 5 nitrogen and oxygen atoms in total. The molecule has 0 radical (unpaired) electrons. The minimum absolute atomic E-state index is 0.0655. The van der Waals surface area contributed by atoms with Crippen LogP contribution in [0.4, 0.5) is 0 Å². The van der Waals surface area contributed by atoms with Crippen LogP contribution in [0.3, 0.4) is 0 Å². The first-order valence-electron chi connectivity index (χ1n) is 6.51. The van der Waals surface area contributed by atoms with Crippen molar-refractivity contribution in [3.8, 4) is 0 Å². The summed E-state index contributed by atoms with van der Waals surface area (Å²) in [7, 11) is 1.64. The number of piperidine rings is 1. The number of aryl methyl sites for hydroxylation is 1. The van der Waals surface area contributed by atoms with Crippen molar-refractivity contribution >= 4 is 11.7 Å². The topological polar surface area (TPSA) is 59.4 Å². The van der Waals surface area contributed by atoms with Crippen LogP contribution < -0.4 is 5.56 Å². The van der Waals surface area contributed by atoms with Crippen molar-refractivity contribution in [2.45, 2.75) is 19.8 Å². The third-order valence-electron chi connectivity index (χ3n) is 3.66. The number of pyridine rings is 1. The first-order chi connectivity index (χ1) is 9.02. The molecule has 0 bridgehead atoms. The number of carbonyl (C=O) groups is 2. The van der Waals surface area contributed by atoms with Crippen LogP contribution in [0.2, 0.25) is 0 Å². The fraction of sp³-hybridized carbons (Fsp3) is 0.500. The van der Waals surface area contributed by atoms with Crippen LogP contribution in [-0.4, -0.2) is 34.2 Å². The Hall–Kier alpha value is -1.91. The van der Waals surface area contributed by atoms with Crippen LogP contribution in [0.15, 0.2) is 23.1 Å². The molecule has 2 heterocycles. The van der Waals surface area contributed by atoms with Gasteiger partial charge < -0.3 is 9.47 Å². The summed E-state index contributed by atoms with van der Waals surface area (Å²) in [5.41, 5.74) is 0.193. The Kier molecular flexibility index (Phi) is 3.83. The number of hydrogen-bond donors (Lipinski definition) is 0. The third kappa shape index (κ3) is 2.75. The Bertz CT molecular complexity index is 562. The summed E-state index contributed by atoms with van der Waals surface area (Å²) in [6.07, 6.45) is 2.75. The molecule has 1 aliphatic heterocycles. The number of likely N-dealkylation sites (tertiary alicyclic amines) is 1. The molecule has 1 aromatic heterocycles. The van der Waals surface area contributed by atoms with Crippen molar-refractivity contribution in [3.05, 3.63) is 34.2 Å². The summed E-state index contributed by atoms with van der Waals surface area (Å²) in [6.45, 7) is 2.86. The molecule has 0 aromatic carbocycles. The molecule has 102 valence electrons. The predicted octanol–water partition coefficient (Wildman–Crippen LogP) is 0.827. The number of hydrogen-bond acceptors (Lipinski definition) is 3. The first kappa shape index (κ1) is 13.5. The predicted molar refractivity (Wildman–Crippen MR) is 71.0 cm³/mol. The molecule has 1 fully saturated rings. The van der Waals surface area contributed by atoms with Gasteiger partial charge in [-0.25, -0.2) is 0 Å². The third-order valence-corrected chi connectivity index (χ3v) is 3.66. The minimum Gasteiger partial charge on any atom is -0.337 e. The van der Waals surface area contributed by atoms with Crippen molar-refractivity contribution in [1.82, 2.24) is 9.47 Å². The van der Waals surface area contributed by atoms with Crippen LogP contribution in [-0.2, 0) is 11.8 Å². The lowest BCUT2D eigenvalue weighted by Gasteiger charge is -2.31. The van der Waals surface area contributed by atoms with Gasteiger partial charge in [0, 0.05) is 50.3 Å². The second-order valence-corrected chi connectivity index (χ2v) is 4.94. The van der Waals surface area contributed by atoms with Gasteiger partial charge in [-0.15, -0.1) is 0 Å². The maximum atomic E-state index is 12.3. The van der Waals surface area contributed by atoms with E-state index in [0.29, 0.717) is 25.1 Å². The molecule has 1 aromatic rings. The van der Waals surface area contributed by atoms with Gasteiger partial charge in [-0.2, -0.15) is 0 Å². The normalized spacial score (nSPS) is 19.6. The highest BCUT2D eigenvalue weighted by atomic mass is 16.2. The molecule has 5 heteroatoms.